The maximum Gasteiger partial charge on any atom is 0.227 e. The molecule has 2 aromatic heterocycles. The van der Waals surface area contributed by atoms with E-state index in [9.17, 15) is 0 Å². The Labute approximate surface area is 131 Å². The van der Waals surface area contributed by atoms with Crippen LogP contribution < -0.4 is 5.32 Å². The van der Waals surface area contributed by atoms with E-state index in [0.29, 0.717) is 5.95 Å². The highest BCUT2D eigenvalue weighted by Gasteiger charge is 2.13. The van der Waals surface area contributed by atoms with Crippen molar-refractivity contribution in [3.63, 3.8) is 0 Å². The molecule has 106 valence electrons. The fraction of sp³-hybridized carbons (Fsp3) is 0.133. The average molecular weight is 344 g/mol. The second kappa shape index (κ2) is 5.65. The summed E-state index contributed by atoms with van der Waals surface area (Å²) in [7, 11) is 0. The number of hydrogen-bond donors (Lipinski definition) is 1. The van der Waals surface area contributed by atoms with E-state index in [1.54, 1.807) is 12.4 Å². The molecule has 0 unspecified atom stereocenters. The summed E-state index contributed by atoms with van der Waals surface area (Å²) < 4.78 is 2.76. The van der Waals surface area contributed by atoms with Crippen molar-refractivity contribution >= 4 is 27.6 Å². The van der Waals surface area contributed by atoms with Crippen LogP contribution in [-0.2, 0) is 0 Å². The van der Waals surface area contributed by atoms with Crippen LogP contribution in [0.2, 0.25) is 0 Å². The summed E-state index contributed by atoms with van der Waals surface area (Å²) >= 11 is 3.33. The van der Waals surface area contributed by atoms with Gasteiger partial charge in [-0.05, 0) is 41.9 Å². The third-order valence-electron chi connectivity index (χ3n) is 3.15. The Morgan fingerprint density at radius 3 is 2.38 bits per heavy atom. The molecule has 6 heteroatoms. The molecule has 0 saturated heterocycles. The summed E-state index contributed by atoms with van der Waals surface area (Å²) in [5, 5.41) is 7.81. The Morgan fingerprint density at radius 1 is 1.05 bits per heavy atom. The largest absolute Gasteiger partial charge is 0.321 e. The molecule has 0 saturated carbocycles. The van der Waals surface area contributed by atoms with Crippen molar-refractivity contribution in [1.82, 2.24) is 19.7 Å². The summed E-state index contributed by atoms with van der Waals surface area (Å²) in [6.45, 7) is 3.99. The summed E-state index contributed by atoms with van der Waals surface area (Å²) in [5.41, 5.74) is 3.89. The monoisotopic (exact) mass is 343 g/mol. The Morgan fingerprint density at radius 2 is 1.71 bits per heavy atom. The van der Waals surface area contributed by atoms with Crippen LogP contribution in [0, 0.1) is 13.8 Å². The van der Waals surface area contributed by atoms with Gasteiger partial charge in [-0.25, -0.2) is 14.6 Å². The Bertz CT molecular complexity index is 750. The molecule has 1 N–H and O–H groups in total. The molecule has 3 rings (SSSR count). The van der Waals surface area contributed by atoms with Gasteiger partial charge in [-0.1, -0.05) is 18.2 Å². The molecule has 0 aliphatic rings. The SMILES string of the molecule is Cc1nn(-c2ccccc2)c(C)c1Nc1ncc(Br)cn1. The van der Waals surface area contributed by atoms with Gasteiger partial charge in [0.15, 0.2) is 0 Å². The third-order valence-corrected chi connectivity index (χ3v) is 3.56. The molecule has 1 aromatic carbocycles. The first kappa shape index (κ1) is 13.8. The Balaban J connectivity index is 1.97. The predicted octanol–water partition coefficient (Wildman–Crippen LogP) is 3.79. The summed E-state index contributed by atoms with van der Waals surface area (Å²) in [4.78, 5) is 8.46. The lowest BCUT2D eigenvalue weighted by Gasteiger charge is -2.06. The number of hydrogen-bond acceptors (Lipinski definition) is 4. The number of para-hydroxylation sites is 1. The number of benzene rings is 1. The van der Waals surface area contributed by atoms with E-state index in [-0.39, 0.29) is 0 Å². The quantitative estimate of drug-likeness (QED) is 0.786. The van der Waals surface area contributed by atoms with Gasteiger partial charge in [0.25, 0.3) is 0 Å². The minimum absolute atomic E-state index is 0.553. The number of anilines is 2. The fourth-order valence-corrected chi connectivity index (χ4v) is 2.34. The van der Waals surface area contributed by atoms with Crippen molar-refractivity contribution in [1.29, 1.82) is 0 Å². The molecule has 0 radical (unpaired) electrons. The molecule has 0 atom stereocenters. The zero-order valence-corrected chi connectivity index (χ0v) is 13.3. The second-order valence-corrected chi connectivity index (χ2v) is 5.56. The number of nitrogens with one attached hydrogen (secondary N) is 1. The van der Waals surface area contributed by atoms with Gasteiger partial charge in [-0.2, -0.15) is 5.10 Å². The van der Waals surface area contributed by atoms with E-state index in [1.807, 2.05) is 48.9 Å². The van der Waals surface area contributed by atoms with Gasteiger partial charge in [0.1, 0.15) is 0 Å². The summed E-state index contributed by atoms with van der Waals surface area (Å²) in [6.07, 6.45) is 3.42. The van der Waals surface area contributed by atoms with Gasteiger partial charge in [0.05, 0.1) is 27.2 Å². The molecular formula is C15H14BrN5. The molecule has 5 nitrogen and oxygen atoms in total. The van der Waals surface area contributed by atoms with Crippen molar-refractivity contribution in [2.24, 2.45) is 0 Å². The van der Waals surface area contributed by atoms with E-state index in [4.69, 9.17) is 0 Å². The van der Waals surface area contributed by atoms with Gasteiger partial charge in [0, 0.05) is 12.4 Å². The normalized spacial score (nSPS) is 10.6. The highest BCUT2D eigenvalue weighted by molar-refractivity contribution is 9.10. The molecule has 0 aliphatic carbocycles. The van der Waals surface area contributed by atoms with Crippen molar-refractivity contribution in [3.05, 3.63) is 58.6 Å². The molecule has 0 spiro atoms. The zero-order chi connectivity index (χ0) is 14.8. The molecule has 2 heterocycles. The Kier molecular flexibility index (Phi) is 3.70. The van der Waals surface area contributed by atoms with E-state index < -0.39 is 0 Å². The van der Waals surface area contributed by atoms with Crippen LogP contribution in [0.4, 0.5) is 11.6 Å². The number of aryl methyl sites for hydroxylation is 1. The van der Waals surface area contributed by atoms with Gasteiger partial charge in [0.2, 0.25) is 5.95 Å². The van der Waals surface area contributed by atoms with E-state index >= 15 is 0 Å². The maximum atomic E-state index is 4.58. The fourth-order valence-electron chi connectivity index (χ4n) is 2.13. The average Bonchev–Trinajstić information content (AvgIpc) is 2.78. The van der Waals surface area contributed by atoms with Gasteiger partial charge < -0.3 is 5.32 Å². The van der Waals surface area contributed by atoms with Crippen LogP contribution in [0.15, 0.2) is 47.2 Å². The third kappa shape index (κ3) is 2.80. The first-order valence-corrected chi connectivity index (χ1v) is 7.30. The topological polar surface area (TPSA) is 55.6 Å². The van der Waals surface area contributed by atoms with Crippen LogP contribution in [0.5, 0.6) is 0 Å². The van der Waals surface area contributed by atoms with Crippen LogP contribution in [-0.4, -0.2) is 19.7 Å². The molecule has 3 aromatic rings. The number of aromatic nitrogens is 4. The maximum absolute atomic E-state index is 4.58. The minimum Gasteiger partial charge on any atom is -0.321 e. The highest BCUT2D eigenvalue weighted by atomic mass is 79.9. The summed E-state index contributed by atoms with van der Waals surface area (Å²) in [6, 6.07) is 10.0. The molecule has 0 fully saturated rings. The number of nitrogens with zero attached hydrogens (tertiary/aromatic N) is 4. The lowest BCUT2D eigenvalue weighted by molar-refractivity contribution is 0.834. The van der Waals surface area contributed by atoms with Crippen LogP contribution in [0.1, 0.15) is 11.4 Å². The standard InChI is InChI=1S/C15H14BrN5/c1-10-14(19-15-17-8-12(16)9-18-15)11(2)21(20-10)13-6-4-3-5-7-13/h3-9H,1-2H3,(H,17,18,19). The second-order valence-electron chi connectivity index (χ2n) is 4.64. The minimum atomic E-state index is 0.553. The molecular weight excluding hydrogens is 330 g/mol. The molecule has 0 amide bonds. The van der Waals surface area contributed by atoms with Crippen molar-refractivity contribution in [2.45, 2.75) is 13.8 Å². The van der Waals surface area contributed by atoms with Gasteiger partial charge in [-0.3, -0.25) is 0 Å². The molecule has 0 aliphatic heterocycles. The van der Waals surface area contributed by atoms with Crippen LogP contribution >= 0.6 is 15.9 Å². The van der Waals surface area contributed by atoms with Crippen molar-refractivity contribution in [2.75, 3.05) is 5.32 Å². The molecule has 0 bridgehead atoms. The molecule has 21 heavy (non-hydrogen) atoms. The number of rotatable bonds is 3. The van der Waals surface area contributed by atoms with E-state index in [1.165, 1.54) is 0 Å². The number of halogens is 1. The Hall–Kier alpha value is -2.21. The van der Waals surface area contributed by atoms with E-state index in [2.05, 4.69) is 36.3 Å². The van der Waals surface area contributed by atoms with Crippen molar-refractivity contribution in [3.8, 4) is 5.69 Å². The first-order chi connectivity index (χ1) is 10.1. The summed E-state index contributed by atoms with van der Waals surface area (Å²) in [5.74, 6) is 0.553. The van der Waals surface area contributed by atoms with Gasteiger partial charge >= 0.3 is 0 Å². The lowest BCUT2D eigenvalue weighted by atomic mass is 10.3. The van der Waals surface area contributed by atoms with Crippen molar-refractivity contribution < 1.29 is 0 Å². The predicted molar refractivity (Wildman–Crippen MR) is 86.1 cm³/mol. The zero-order valence-electron chi connectivity index (χ0n) is 11.7. The highest BCUT2D eigenvalue weighted by Crippen LogP contribution is 2.25. The first-order valence-electron chi connectivity index (χ1n) is 6.51. The smallest absolute Gasteiger partial charge is 0.227 e. The van der Waals surface area contributed by atoms with Gasteiger partial charge in [-0.15, -0.1) is 0 Å². The van der Waals surface area contributed by atoms with Crippen LogP contribution in [0.3, 0.4) is 0 Å². The lowest BCUT2D eigenvalue weighted by Crippen LogP contribution is -2.00. The van der Waals surface area contributed by atoms with Crippen LogP contribution in [0.25, 0.3) is 5.69 Å². The van der Waals surface area contributed by atoms with E-state index in [0.717, 1.165) is 27.2 Å².